The summed E-state index contributed by atoms with van der Waals surface area (Å²) < 4.78 is 56.5. The molecule has 0 radical (unpaired) electrons. The number of hydrogen-bond donors (Lipinski definition) is 1. The molecule has 0 aliphatic heterocycles. The maximum Gasteiger partial charge on any atom is 0.416 e. The summed E-state index contributed by atoms with van der Waals surface area (Å²) >= 11 is 5.68. The Morgan fingerprint density at radius 1 is 1.24 bits per heavy atom. The molecule has 0 spiro atoms. The summed E-state index contributed by atoms with van der Waals surface area (Å²) in [5.41, 5.74) is 0.322. The first-order valence-electron chi connectivity index (χ1n) is 7.52. The number of carbonyl (C=O) groups excluding carboxylic acids is 1. The average Bonchev–Trinajstić information content (AvgIpc) is 2.44. The predicted octanol–water partition coefficient (Wildman–Crippen LogP) is 5.42. The third-order valence-electron chi connectivity index (χ3n) is 3.03. The van der Waals surface area contributed by atoms with E-state index in [1.54, 1.807) is 20.8 Å². The van der Waals surface area contributed by atoms with Gasteiger partial charge in [0.15, 0.2) is 0 Å². The molecule has 0 unspecified atom stereocenters. The fourth-order valence-electron chi connectivity index (χ4n) is 1.94. The van der Waals surface area contributed by atoms with Gasteiger partial charge in [0, 0.05) is 12.1 Å². The van der Waals surface area contributed by atoms with Gasteiger partial charge in [-0.3, -0.25) is 0 Å². The van der Waals surface area contributed by atoms with E-state index in [9.17, 15) is 22.4 Å². The van der Waals surface area contributed by atoms with Gasteiger partial charge in [-0.1, -0.05) is 11.6 Å². The Kier molecular flexibility index (Phi) is 7.29. The first-order chi connectivity index (χ1) is 11.4. The van der Waals surface area contributed by atoms with Crippen molar-refractivity contribution in [2.45, 2.75) is 45.4 Å². The van der Waals surface area contributed by atoms with Gasteiger partial charge in [0.2, 0.25) is 0 Å². The molecular weight excluding hydrogens is 362 g/mol. The van der Waals surface area contributed by atoms with Gasteiger partial charge in [-0.2, -0.15) is 13.2 Å². The highest BCUT2D eigenvalue weighted by atomic mass is 35.5. The van der Waals surface area contributed by atoms with E-state index < -0.39 is 29.3 Å². The molecule has 0 fully saturated rings. The molecule has 140 valence electrons. The van der Waals surface area contributed by atoms with E-state index in [2.05, 4.69) is 5.32 Å². The lowest BCUT2D eigenvalue weighted by molar-refractivity contribution is -0.137. The van der Waals surface area contributed by atoms with Crippen LogP contribution >= 0.6 is 11.6 Å². The number of hydrogen-bond acceptors (Lipinski definition) is 2. The van der Waals surface area contributed by atoms with Crippen molar-refractivity contribution < 1.29 is 27.1 Å². The molecule has 0 saturated carbocycles. The minimum Gasteiger partial charge on any atom is -0.444 e. The smallest absolute Gasteiger partial charge is 0.416 e. The Morgan fingerprint density at radius 3 is 2.40 bits per heavy atom. The van der Waals surface area contributed by atoms with Crippen LogP contribution in [-0.4, -0.2) is 18.2 Å². The first-order valence-corrected chi connectivity index (χ1v) is 7.96. The van der Waals surface area contributed by atoms with Crippen molar-refractivity contribution in [2.75, 3.05) is 6.54 Å². The molecule has 0 aliphatic rings. The second-order valence-electron chi connectivity index (χ2n) is 6.47. The maximum absolute atomic E-state index is 13.4. The predicted molar refractivity (Wildman–Crippen MR) is 87.9 cm³/mol. The van der Waals surface area contributed by atoms with Crippen molar-refractivity contribution in [1.82, 2.24) is 5.32 Å². The summed E-state index contributed by atoms with van der Waals surface area (Å²) in [7, 11) is 0. The van der Waals surface area contributed by atoms with Crippen LogP contribution in [0.1, 0.15) is 38.3 Å². The molecule has 0 bridgehead atoms. The summed E-state index contributed by atoms with van der Waals surface area (Å²) in [5.74, 6) is -0.951. The minimum atomic E-state index is -4.61. The van der Waals surface area contributed by atoms with Crippen LogP contribution in [0.4, 0.5) is 22.4 Å². The quantitative estimate of drug-likeness (QED) is 0.691. The molecular formula is C17H20ClF4NO2. The Morgan fingerprint density at radius 2 is 1.88 bits per heavy atom. The number of alkyl halides is 3. The van der Waals surface area contributed by atoms with Gasteiger partial charge in [0.1, 0.15) is 11.4 Å². The van der Waals surface area contributed by atoms with E-state index in [-0.39, 0.29) is 24.9 Å². The maximum atomic E-state index is 13.4. The minimum absolute atomic E-state index is 0.0832. The van der Waals surface area contributed by atoms with Gasteiger partial charge in [-0.05, 0) is 62.9 Å². The lowest BCUT2D eigenvalue weighted by atomic mass is 10.0. The van der Waals surface area contributed by atoms with E-state index in [0.717, 1.165) is 12.1 Å². The Bertz CT molecular complexity index is 637. The van der Waals surface area contributed by atoms with Gasteiger partial charge in [0.25, 0.3) is 0 Å². The number of carbonyl (C=O) groups is 1. The fraction of sp³-hybridized carbons (Fsp3) is 0.471. The van der Waals surface area contributed by atoms with Crippen LogP contribution in [0.2, 0.25) is 0 Å². The molecule has 0 aliphatic carbocycles. The zero-order valence-corrected chi connectivity index (χ0v) is 14.9. The van der Waals surface area contributed by atoms with Crippen LogP contribution in [0.15, 0.2) is 29.3 Å². The summed E-state index contributed by atoms with van der Waals surface area (Å²) in [4.78, 5) is 11.6. The second kappa shape index (κ2) is 8.56. The lowest BCUT2D eigenvalue weighted by Crippen LogP contribution is -2.33. The van der Waals surface area contributed by atoms with E-state index in [1.807, 2.05) is 0 Å². The van der Waals surface area contributed by atoms with E-state index in [4.69, 9.17) is 16.3 Å². The van der Waals surface area contributed by atoms with Gasteiger partial charge < -0.3 is 10.1 Å². The molecule has 0 aromatic heterocycles. The van der Waals surface area contributed by atoms with Crippen LogP contribution in [-0.2, 0) is 17.3 Å². The third kappa shape index (κ3) is 8.25. The van der Waals surface area contributed by atoms with Gasteiger partial charge in [-0.15, -0.1) is 0 Å². The molecule has 8 heteroatoms. The van der Waals surface area contributed by atoms with Crippen molar-refractivity contribution in [3.8, 4) is 0 Å². The van der Waals surface area contributed by atoms with Crippen molar-refractivity contribution in [2.24, 2.45) is 0 Å². The topological polar surface area (TPSA) is 38.3 Å². The Balaban J connectivity index is 2.64. The summed E-state index contributed by atoms with van der Waals surface area (Å²) in [5, 5.41) is 2.51. The van der Waals surface area contributed by atoms with Crippen molar-refractivity contribution in [3.05, 3.63) is 46.3 Å². The van der Waals surface area contributed by atoms with E-state index >= 15 is 0 Å². The number of benzene rings is 1. The van der Waals surface area contributed by atoms with Gasteiger partial charge in [0.05, 0.1) is 5.56 Å². The largest absolute Gasteiger partial charge is 0.444 e. The number of aryl methyl sites for hydroxylation is 1. The molecule has 1 amide bonds. The van der Waals surface area contributed by atoms with Gasteiger partial charge in [-0.25, -0.2) is 9.18 Å². The van der Waals surface area contributed by atoms with Crippen LogP contribution < -0.4 is 5.32 Å². The SMILES string of the molecule is CC(C)(C)OC(=O)NCC(=CCl)CCc1cc(F)cc(C(F)(F)F)c1. The van der Waals surface area contributed by atoms with E-state index in [0.29, 0.717) is 11.6 Å². The number of nitrogens with one attached hydrogen (secondary N) is 1. The average molecular weight is 382 g/mol. The number of rotatable bonds is 5. The van der Waals surface area contributed by atoms with Crippen LogP contribution in [0.3, 0.4) is 0 Å². The molecule has 1 aromatic carbocycles. The molecule has 1 rings (SSSR count). The molecule has 0 saturated heterocycles. The van der Waals surface area contributed by atoms with Gasteiger partial charge >= 0.3 is 12.3 Å². The highest BCUT2D eigenvalue weighted by Crippen LogP contribution is 2.30. The summed E-state index contributed by atoms with van der Waals surface area (Å²) in [6.07, 6.45) is -4.83. The number of halogens is 5. The third-order valence-corrected chi connectivity index (χ3v) is 3.34. The van der Waals surface area contributed by atoms with Crippen molar-refractivity contribution in [1.29, 1.82) is 0 Å². The Hall–Kier alpha value is -1.76. The number of ether oxygens (including phenoxy) is 1. The highest BCUT2D eigenvalue weighted by Gasteiger charge is 2.31. The molecule has 25 heavy (non-hydrogen) atoms. The zero-order chi connectivity index (χ0) is 19.3. The molecule has 1 aromatic rings. The van der Waals surface area contributed by atoms with Crippen molar-refractivity contribution in [3.63, 3.8) is 0 Å². The standard InChI is InChI=1S/C17H20ClF4NO2/c1-16(2,3)25-15(24)23-10-12(9-18)5-4-11-6-13(17(20,21)22)8-14(19)7-11/h6-9H,4-5,10H2,1-3H3,(H,23,24). The van der Waals surface area contributed by atoms with Crippen molar-refractivity contribution >= 4 is 17.7 Å². The van der Waals surface area contributed by atoms with Crippen LogP contribution in [0, 0.1) is 5.82 Å². The summed E-state index contributed by atoms with van der Waals surface area (Å²) in [6.45, 7) is 5.23. The van der Waals surface area contributed by atoms with Crippen LogP contribution in [0.5, 0.6) is 0 Å². The first kappa shape index (κ1) is 21.3. The van der Waals surface area contributed by atoms with E-state index in [1.165, 1.54) is 5.54 Å². The normalized spacial score (nSPS) is 12.9. The molecule has 3 nitrogen and oxygen atoms in total. The Labute approximate surface area is 149 Å². The fourth-order valence-corrected chi connectivity index (χ4v) is 2.13. The number of alkyl carbamates (subject to hydrolysis) is 1. The number of amides is 1. The second-order valence-corrected chi connectivity index (χ2v) is 6.69. The molecule has 1 N–H and O–H groups in total. The highest BCUT2D eigenvalue weighted by molar-refractivity contribution is 6.25. The summed E-state index contributed by atoms with van der Waals surface area (Å²) in [6, 6.07) is 2.39. The molecule has 0 heterocycles. The zero-order valence-electron chi connectivity index (χ0n) is 14.1. The molecule has 0 atom stereocenters. The lowest BCUT2D eigenvalue weighted by Gasteiger charge is -2.20. The van der Waals surface area contributed by atoms with Crippen LogP contribution in [0.25, 0.3) is 0 Å². The monoisotopic (exact) mass is 381 g/mol.